The van der Waals surface area contributed by atoms with Crippen LogP contribution >= 0.6 is 46.4 Å². The number of hydrogen-bond donors (Lipinski definition) is 0. The van der Waals surface area contributed by atoms with Crippen LogP contribution in [0.3, 0.4) is 0 Å². The van der Waals surface area contributed by atoms with Crippen molar-refractivity contribution in [1.29, 1.82) is 0 Å². The molecule has 198 valence electrons. The highest BCUT2D eigenvalue weighted by Gasteiger charge is 2.73. The van der Waals surface area contributed by atoms with Crippen molar-refractivity contribution >= 4 is 70.0 Å². The summed E-state index contributed by atoms with van der Waals surface area (Å²) in [6.45, 7) is 0.739. The maximum atomic E-state index is 13.9. The zero-order valence-electron chi connectivity index (χ0n) is 20.3. The van der Waals surface area contributed by atoms with Gasteiger partial charge in [0.05, 0.1) is 16.9 Å². The van der Waals surface area contributed by atoms with Gasteiger partial charge >= 0.3 is 5.97 Å². The van der Waals surface area contributed by atoms with Gasteiger partial charge in [0.1, 0.15) is 15.8 Å². The lowest BCUT2D eigenvalue weighted by molar-refractivity contribution is -0.157. The van der Waals surface area contributed by atoms with Crippen molar-refractivity contribution < 1.29 is 23.9 Å². The van der Waals surface area contributed by atoms with E-state index in [1.807, 2.05) is 48.5 Å². The SMILES string of the molecule is C[C@H](C(=O)OCC(=O)c1ccc(Cl)cc1Cl)N1C(=O)[C@H]2[C@H](C1=O)C1(Cl)c3ccccc3C2(Cl)c2ccccc21. The van der Waals surface area contributed by atoms with E-state index in [2.05, 4.69) is 0 Å². The van der Waals surface area contributed by atoms with Crippen molar-refractivity contribution in [3.8, 4) is 0 Å². The molecule has 3 atom stereocenters. The van der Waals surface area contributed by atoms with E-state index in [1.54, 1.807) is 0 Å². The molecule has 1 heterocycles. The van der Waals surface area contributed by atoms with Crippen LogP contribution in [0.25, 0.3) is 0 Å². The number of benzene rings is 3. The van der Waals surface area contributed by atoms with Gasteiger partial charge in [0.25, 0.3) is 0 Å². The average Bonchev–Trinajstić information content (AvgIpc) is 3.20. The van der Waals surface area contributed by atoms with Gasteiger partial charge in [0, 0.05) is 10.6 Å². The summed E-state index contributed by atoms with van der Waals surface area (Å²) in [5.74, 6) is -4.81. The van der Waals surface area contributed by atoms with Crippen molar-refractivity contribution in [2.45, 2.75) is 22.7 Å². The highest BCUT2D eigenvalue weighted by molar-refractivity contribution is 6.37. The molecule has 3 aromatic carbocycles. The van der Waals surface area contributed by atoms with E-state index < -0.39 is 57.8 Å². The van der Waals surface area contributed by atoms with Crippen molar-refractivity contribution in [2.24, 2.45) is 11.8 Å². The van der Waals surface area contributed by atoms with Crippen LogP contribution in [0.15, 0.2) is 66.7 Å². The number of Topliss-reactive ketones (excluding diaryl/α,β-unsaturated/α-hetero) is 1. The third-order valence-corrected chi connectivity index (χ3v) is 9.76. The van der Waals surface area contributed by atoms with E-state index in [4.69, 9.17) is 51.1 Å². The second kappa shape index (κ2) is 9.07. The van der Waals surface area contributed by atoms with E-state index >= 15 is 0 Å². The average molecular weight is 603 g/mol. The van der Waals surface area contributed by atoms with Crippen LogP contribution in [0.4, 0.5) is 0 Å². The van der Waals surface area contributed by atoms with E-state index in [0.717, 1.165) is 4.90 Å². The first kappa shape index (κ1) is 26.3. The number of halogens is 4. The molecule has 3 aliphatic carbocycles. The Morgan fingerprint density at radius 1 is 0.846 bits per heavy atom. The summed E-state index contributed by atoms with van der Waals surface area (Å²) in [7, 11) is 0. The number of nitrogens with zero attached hydrogens (tertiary/aromatic N) is 1. The molecule has 1 aliphatic heterocycles. The third kappa shape index (κ3) is 3.48. The van der Waals surface area contributed by atoms with Crippen LogP contribution < -0.4 is 0 Å². The standard InChI is InChI=1S/C29H19Cl4NO5/c1-14(27(38)39-13-22(35)16-11-10-15(30)12-21(16)31)34-25(36)23-24(26(34)37)29(33)18-7-3-2-6-17(18)28(23,32)19-8-4-5-9-20(19)29/h2-12,14,23-24H,13H2,1H3/t14-,23-,24-,28?,29?/m1/s1. The summed E-state index contributed by atoms with van der Waals surface area (Å²) in [5.41, 5.74) is 2.76. The van der Waals surface area contributed by atoms with Crippen molar-refractivity contribution in [2.75, 3.05) is 6.61 Å². The normalized spacial score (nSPS) is 27.1. The number of ketones is 1. The zero-order chi connectivity index (χ0) is 27.9. The Labute approximate surface area is 243 Å². The number of likely N-dealkylation sites (tertiary alicyclic amines) is 1. The largest absolute Gasteiger partial charge is 0.456 e. The minimum atomic E-state index is -1.36. The number of imide groups is 1. The molecule has 1 fully saturated rings. The second-order valence-electron chi connectivity index (χ2n) is 9.85. The molecular weight excluding hydrogens is 584 g/mol. The Balaban J connectivity index is 1.32. The Hall–Kier alpha value is -2.90. The van der Waals surface area contributed by atoms with Crippen LogP contribution in [-0.2, 0) is 28.9 Å². The van der Waals surface area contributed by atoms with Gasteiger partial charge in [-0.15, -0.1) is 23.2 Å². The highest BCUT2D eigenvalue weighted by Crippen LogP contribution is 2.69. The number of amides is 2. The van der Waals surface area contributed by atoms with Gasteiger partial charge in [0.2, 0.25) is 17.6 Å². The van der Waals surface area contributed by atoms with Gasteiger partial charge < -0.3 is 4.74 Å². The predicted molar refractivity (Wildman–Crippen MR) is 146 cm³/mol. The minimum absolute atomic E-state index is 0.111. The third-order valence-electron chi connectivity index (χ3n) is 7.92. The van der Waals surface area contributed by atoms with Crippen molar-refractivity contribution in [3.05, 3.63) is 105 Å². The monoisotopic (exact) mass is 601 g/mol. The lowest BCUT2D eigenvalue weighted by atomic mass is 9.54. The summed E-state index contributed by atoms with van der Waals surface area (Å²) in [5, 5.41) is 0.460. The highest BCUT2D eigenvalue weighted by atomic mass is 35.5. The number of carbonyl (C=O) groups is 4. The lowest BCUT2D eigenvalue weighted by Gasteiger charge is -2.54. The van der Waals surface area contributed by atoms with Crippen molar-refractivity contribution in [3.63, 3.8) is 0 Å². The molecule has 3 aromatic rings. The van der Waals surface area contributed by atoms with Gasteiger partial charge in [-0.1, -0.05) is 71.7 Å². The number of carbonyl (C=O) groups excluding carboxylic acids is 4. The molecule has 1 saturated heterocycles. The Bertz CT molecular complexity index is 1480. The van der Waals surface area contributed by atoms with Crippen LogP contribution in [0.5, 0.6) is 0 Å². The van der Waals surface area contributed by atoms with E-state index in [9.17, 15) is 19.2 Å². The van der Waals surface area contributed by atoms with Crippen LogP contribution in [-0.4, -0.2) is 41.1 Å². The Kier molecular flexibility index (Phi) is 6.12. The number of rotatable bonds is 5. The first-order valence-corrected chi connectivity index (χ1v) is 13.6. The fourth-order valence-corrected chi connectivity index (χ4v) is 7.84. The first-order valence-electron chi connectivity index (χ1n) is 12.1. The van der Waals surface area contributed by atoms with Crippen molar-refractivity contribution in [1.82, 2.24) is 4.90 Å². The molecule has 0 saturated carbocycles. The predicted octanol–water partition coefficient (Wildman–Crippen LogP) is 5.70. The second-order valence-corrected chi connectivity index (χ2v) is 11.9. The lowest BCUT2D eigenvalue weighted by Crippen LogP contribution is -2.57. The molecule has 4 aliphatic rings. The fourth-order valence-electron chi connectivity index (χ4n) is 6.23. The van der Waals surface area contributed by atoms with Gasteiger partial charge in [-0.25, -0.2) is 4.79 Å². The van der Waals surface area contributed by atoms with Gasteiger partial charge in [-0.2, -0.15) is 0 Å². The molecule has 39 heavy (non-hydrogen) atoms. The Morgan fingerprint density at radius 3 is 1.74 bits per heavy atom. The first-order chi connectivity index (χ1) is 18.5. The summed E-state index contributed by atoms with van der Waals surface area (Å²) in [6.07, 6.45) is 0. The number of esters is 1. The summed E-state index contributed by atoms with van der Waals surface area (Å²) >= 11 is 26.7. The summed E-state index contributed by atoms with van der Waals surface area (Å²) in [4.78, 5) is 51.7. The number of ether oxygens (including phenoxy) is 1. The molecule has 0 aromatic heterocycles. The van der Waals surface area contributed by atoms with Crippen LogP contribution in [0.1, 0.15) is 39.5 Å². The number of hydrogen-bond acceptors (Lipinski definition) is 5. The van der Waals surface area contributed by atoms with E-state index in [1.165, 1.54) is 25.1 Å². The fraction of sp³-hybridized carbons (Fsp3) is 0.241. The quantitative estimate of drug-likeness (QED) is 0.162. The van der Waals surface area contributed by atoms with E-state index in [-0.39, 0.29) is 10.6 Å². The molecule has 2 amide bonds. The zero-order valence-corrected chi connectivity index (χ0v) is 23.3. The maximum Gasteiger partial charge on any atom is 0.329 e. The molecule has 10 heteroatoms. The topological polar surface area (TPSA) is 80.8 Å². The molecule has 6 nitrogen and oxygen atoms in total. The smallest absolute Gasteiger partial charge is 0.329 e. The van der Waals surface area contributed by atoms with Crippen LogP contribution in [0, 0.1) is 11.8 Å². The molecule has 2 bridgehead atoms. The summed E-state index contributed by atoms with van der Waals surface area (Å²) < 4.78 is 5.22. The van der Waals surface area contributed by atoms with Gasteiger partial charge in [-0.05, 0) is 47.4 Å². The molecule has 0 spiro atoms. The molecule has 0 unspecified atom stereocenters. The van der Waals surface area contributed by atoms with E-state index in [0.29, 0.717) is 27.3 Å². The van der Waals surface area contributed by atoms with Gasteiger partial charge in [-0.3, -0.25) is 19.3 Å². The molecule has 7 rings (SSSR count). The maximum absolute atomic E-state index is 13.9. The van der Waals surface area contributed by atoms with Crippen LogP contribution in [0.2, 0.25) is 10.0 Å². The summed E-state index contributed by atoms with van der Waals surface area (Å²) in [6, 6.07) is 17.5. The molecule has 0 radical (unpaired) electrons. The van der Waals surface area contributed by atoms with Gasteiger partial charge in [0.15, 0.2) is 6.61 Å². The molecule has 0 N–H and O–H groups in total. The number of alkyl halides is 2. The molecular formula is C29H19Cl4NO5. The Morgan fingerprint density at radius 2 is 1.31 bits per heavy atom. The minimum Gasteiger partial charge on any atom is -0.456 e.